The predicted octanol–water partition coefficient (Wildman–Crippen LogP) is -0.988. The molecule has 2 heterocycles. The molecule has 3 atom stereocenters. The van der Waals surface area contributed by atoms with E-state index in [0.717, 1.165) is 10.6 Å². The first-order chi connectivity index (χ1) is 7.67. The maximum atomic E-state index is 12.6. The highest BCUT2D eigenvalue weighted by Crippen LogP contribution is 2.36. The van der Waals surface area contributed by atoms with Crippen molar-refractivity contribution in [2.45, 2.75) is 12.3 Å². The zero-order chi connectivity index (χ0) is 11.7. The number of aromatic nitrogens is 2. The molecule has 1 aliphatic heterocycles. The third kappa shape index (κ3) is 1.68. The van der Waals surface area contributed by atoms with Crippen LogP contribution >= 0.6 is 0 Å². The maximum Gasteiger partial charge on any atom is 0.330 e. The first kappa shape index (κ1) is 11.0. The molecule has 88 valence electrons. The van der Waals surface area contributed by atoms with E-state index in [4.69, 9.17) is 9.84 Å². The van der Waals surface area contributed by atoms with Crippen molar-refractivity contribution in [3.63, 3.8) is 0 Å². The van der Waals surface area contributed by atoms with E-state index >= 15 is 0 Å². The van der Waals surface area contributed by atoms with Crippen LogP contribution in [-0.2, 0) is 4.74 Å². The quantitative estimate of drug-likeness (QED) is 0.698. The van der Waals surface area contributed by atoms with Crippen LogP contribution in [0.1, 0.15) is 6.23 Å². The number of nitrogens with zero attached hydrogens (tertiary/aromatic N) is 1. The highest BCUT2D eigenvalue weighted by Gasteiger charge is 2.43. The Kier molecular flexibility index (Phi) is 2.88. The molecule has 0 unspecified atom stereocenters. The van der Waals surface area contributed by atoms with Crippen LogP contribution in [0.25, 0.3) is 0 Å². The summed E-state index contributed by atoms with van der Waals surface area (Å²) in [5.41, 5.74) is -1.16. The molecule has 0 spiro atoms. The second-order valence-corrected chi connectivity index (χ2v) is 3.58. The molecule has 0 aliphatic carbocycles. The SMILES string of the molecule is O=c1ccn([C@@H]2O[C@H](CO)[C@H]2CF)c(=O)[nH]1. The molecule has 1 aromatic rings. The Morgan fingerprint density at radius 3 is 2.88 bits per heavy atom. The molecule has 0 amide bonds. The van der Waals surface area contributed by atoms with Crippen molar-refractivity contribution in [3.05, 3.63) is 33.1 Å². The standard InChI is InChI=1S/C9H11FN2O4/c10-3-5-6(4-13)16-8(5)12-2-1-7(14)11-9(12)15/h1-2,5-6,8,13H,3-4H2,(H,11,14,15)/t5-,6-,8-/m1/s1. The molecule has 1 aromatic heterocycles. The van der Waals surface area contributed by atoms with Gasteiger partial charge in [-0.3, -0.25) is 18.7 Å². The Labute approximate surface area is 89.3 Å². The van der Waals surface area contributed by atoms with Crippen molar-refractivity contribution < 1.29 is 14.2 Å². The van der Waals surface area contributed by atoms with Gasteiger partial charge in [0.25, 0.3) is 5.56 Å². The smallest absolute Gasteiger partial charge is 0.330 e. The van der Waals surface area contributed by atoms with Gasteiger partial charge < -0.3 is 9.84 Å². The van der Waals surface area contributed by atoms with Crippen molar-refractivity contribution in [3.8, 4) is 0 Å². The minimum Gasteiger partial charge on any atom is -0.394 e. The number of hydrogen-bond acceptors (Lipinski definition) is 4. The van der Waals surface area contributed by atoms with Gasteiger partial charge in [0.1, 0.15) is 6.23 Å². The lowest BCUT2D eigenvalue weighted by Crippen LogP contribution is -2.52. The van der Waals surface area contributed by atoms with E-state index < -0.39 is 36.2 Å². The fraction of sp³-hybridized carbons (Fsp3) is 0.556. The van der Waals surface area contributed by atoms with Crippen LogP contribution in [0, 0.1) is 5.92 Å². The molecule has 2 rings (SSSR count). The normalized spacial score (nSPS) is 28.8. The Balaban J connectivity index is 2.26. The zero-order valence-corrected chi connectivity index (χ0v) is 8.30. The zero-order valence-electron chi connectivity index (χ0n) is 8.30. The predicted molar refractivity (Wildman–Crippen MR) is 51.8 cm³/mol. The molecule has 1 fully saturated rings. The van der Waals surface area contributed by atoms with Crippen molar-refractivity contribution in [2.75, 3.05) is 13.3 Å². The molecule has 2 N–H and O–H groups in total. The third-order valence-corrected chi connectivity index (χ3v) is 2.64. The Bertz CT molecular complexity index is 483. The summed E-state index contributed by atoms with van der Waals surface area (Å²) in [4.78, 5) is 24.2. The maximum absolute atomic E-state index is 12.6. The largest absolute Gasteiger partial charge is 0.394 e. The molecule has 0 radical (unpaired) electrons. The number of rotatable bonds is 3. The van der Waals surface area contributed by atoms with Gasteiger partial charge in [-0.1, -0.05) is 0 Å². The summed E-state index contributed by atoms with van der Waals surface area (Å²) in [6, 6.07) is 1.16. The number of nitrogens with one attached hydrogen (secondary N) is 1. The number of ether oxygens (including phenoxy) is 1. The van der Waals surface area contributed by atoms with E-state index in [9.17, 15) is 14.0 Å². The van der Waals surface area contributed by atoms with Gasteiger partial charge in [0.05, 0.1) is 25.3 Å². The topological polar surface area (TPSA) is 84.3 Å². The van der Waals surface area contributed by atoms with Crippen molar-refractivity contribution in [1.29, 1.82) is 0 Å². The second kappa shape index (κ2) is 4.18. The van der Waals surface area contributed by atoms with E-state index in [1.807, 2.05) is 0 Å². The van der Waals surface area contributed by atoms with Gasteiger partial charge in [-0.15, -0.1) is 0 Å². The molecule has 6 nitrogen and oxygen atoms in total. The van der Waals surface area contributed by atoms with Gasteiger partial charge in [-0.05, 0) is 0 Å². The van der Waals surface area contributed by atoms with E-state index in [2.05, 4.69) is 4.98 Å². The van der Waals surface area contributed by atoms with Crippen LogP contribution in [0.15, 0.2) is 21.9 Å². The number of aliphatic hydroxyl groups excluding tert-OH is 1. The number of H-pyrrole nitrogens is 1. The minimum atomic E-state index is -0.758. The molecule has 1 saturated heterocycles. The van der Waals surface area contributed by atoms with Gasteiger partial charge in [-0.2, -0.15) is 0 Å². The number of alkyl halides is 1. The monoisotopic (exact) mass is 230 g/mol. The number of halogens is 1. The third-order valence-electron chi connectivity index (χ3n) is 2.64. The average Bonchev–Trinajstić information content (AvgIpc) is 2.21. The molecule has 0 aromatic carbocycles. The summed E-state index contributed by atoms with van der Waals surface area (Å²) < 4.78 is 18.9. The Morgan fingerprint density at radius 2 is 2.31 bits per heavy atom. The van der Waals surface area contributed by atoms with Gasteiger partial charge >= 0.3 is 5.69 Å². The lowest BCUT2D eigenvalue weighted by molar-refractivity contribution is -0.240. The van der Waals surface area contributed by atoms with Crippen molar-refractivity contribution in [2.24, 2.45) is 5.92 Å². The van der Waals surface area contributed by atoms with Crippen LogP contribution in [0.2, 0.25) is 0 Å². The first-order valence-electron chi connectivity index (χ1n) is 4.81. The minimum absolute atomic E-state index is 0.289. The lowest BCUT2D eigenvalue weighted by atomic mass is 9.96. The molecule has 0 saturated carbocycles. The molecule has 0 bridgehead atoms. The highest BCUT2D eigenvalue weighted by molar-refractivity contribution is 4.91. The Morgan fingerprint density at radius 1 is 1.56 bits per heavy atom. The summed E-state index contributed by atoms with van der Waals surface area (Å²) in [5, 5.41) is 8.83. The summed E-state index contributed by atoms with van der Waals surface area (Å²) in [6.45, 7) is -0.981. The lowest BCUT2D eigenvalue weighted by Gasteiger charge is -2.42. The van der Waals surface area contributed by atoms with Crippen LogP contribution in [0.5, 0.6) is 0 Å². The van der Waals surface area contributed by atoms with Crippen LogP contribution in [-0.4, -0.2) is 34.0 Å². The summed E-state index contributed by atoms with van der Waals surface area (Å²) >= 11 is 0. The van der Waals surface area contributed by atoms with E-state index in [1.165, 1.54) is 6.20 Å². The first-order valence-corrected chi connectivity index (χ1v) is 4.81. The molecule has 16 heavy (non-hydrogen) atoms. The second-order valence-electron chi connectivity index (χ2n) is 3.58. The van der Waals surface area contributed by atoms with Gasteiger partial charge in [0, 0.05) is 12.3 Å². The van der Waals surface area contributed by atoms with E-state index in [1.54, 1.807) is 0 Å². The van der Waals surface area contributed by atoms with E-state index in [0.29, 0.717) is 0 Å². The van der Waals surface area contributed by atoms with Crippen molar-refractivity contribution >= 4 is 0 Å². The van der Waals surface area contributed by atoms with Crippen LogP contribution in [0.3, 0.4) is 0 Å². The van der Waals surface area contributed by atoms with Crippen LogP contribution < -0.4 is 11.2 Å². The fourth-order valence-corrected chi connectivity index (χ4v) is 1.73. The van der Waals surface area contributed by atoms with Gasteiger partial charge in [0.2, 0.25) is 0 Å². The average molecular weight is 230 g/mol. The summed E-state index contributed by atoms with van der Waals surface area (Å²) in [6.07, 6.45) is -0.0948. The molecule has 7 heteroatoms. The number of hydrogen-bond donors (Lipinski definition) is 2. The number of aliphatic hydroxyl groups is 1. The molecular formula is C9H11FN2O4. The highest BCUT2D eigenvalue weighted by atomic mass is 19.1. The Hall–Kier alpha value is -1.47. The summed E-state index contributed by atoms with van der Waals surface area (Å²) in [7, 11) is 0. The molecular weight excluding hydrogens is 219 g/mol. The van der Waals surface area contributed by atoms with Crippen molar-refractivity contribution in [1.82, 2.24) is 9.55 Å². The van der Waals surface area contributed by atoms with E-state index in [-0.39, 0.29) is 6.61 Å². The summed E-state index contributed by atoms with van der Waals surface area (Å²) in [5.74, 6) is -0.561. The molecule has 1 aliphatic rings. The van der Waals surface area contributed by atoms with Crippen LogP contribution in [0.4, 0.5) is 4.39 Å². The van der Waals surface area contributed by atoms with Gasteiger partial charge in [-0.25, -0.2) is 4.79 Å². The fourth-order valence-electron chi connectivity index (χ4n) is 1.73. The van der Waals surface area contributed by atoms with Gasteiger partial charge in [0.15, 0.2) is 0 Å². The number of aromatic amines is 1.